The molecule has 4 rings (SSSR count). The Kier molecular flexibility index (Phi) is 4.65. The lowest BCUT2D eigenvalue weighted by molar-refractivity contribution is 1.10. The first-order chi connectivity index (χ1) is 13.5. The van der Waals surface area contributed by atoms with E-state index >= 15 is 0 Å². The van der Waals surface area contributed by atoms with E-state index in [1.807, 2.05) is 31.2 Å². The van der Waals surface area contributed by atoms with Gasteiger partial charge >= 0.3 is 0 Å². The van der Waals surface area contributed by atoms with Crippen LogP contribution in [0.1, 0.15) is 22.4 Å². The van der Waals surface area contributed by atoms with E-state index in [-0.39, 0.29) is 0 Å². The van der Waals surface area contributed by atoms with Gasteiger partial charge in [0.15, 0.2) is 0 Å². The number of aryl methyl sites for hydroxylation is 4. The first-order valence-electron chi connectivity index (χ1n) is 9.31. The van der Waals surface area contributed by atoms with Gasteiger partial charge in [-0.05, 0) is 51.0 Å². The lowest BCUT2D eigenvalue weighted by Gasteiger charge is -2.14. The molecule has 0 atom stereocenters. The third-order valence-electron chi connectivity index (χ3n) is 4.66. The number of aromatic nitrogens is 3. The Bertz CT molecular complexity index is 1140. The Morgan fingerprint density at radius 2 is 1.54 bits per heavy atom. The summed E-state index contributed by atoms with van der Waals surface area (Å²) in [5.74, 6) is 1.31. The van der Waals surface area contributed by atoms with Crippen LogP contribution in [0.25, 0.3) is 10.9 Å². The summed E-state index contributed by atoms with van der Waals surface area (Å²) < 4.78 is 0. The number of pyridine rings is 1. The van der Waals surface area contributed by atoms with E-state index in [0.29, 0.717) is 5.95 Å². The van der Waals surface area contributed by atoms with Crippen LogP contribution in [0.2, 0.25) is 0 Å². The molecule has 2 aromatic carbocycles. The fraction of sp³-hybridized carbons (Fsp3) is 0.174. The number of anilines is 4. The van der Waals surface area contributed by atoms with Gasteiger partial charge in [-0.25, -0.2) is 4.98 Å². The first kappa shape index (κ1) is 17.9. The summed E-state index contributed by atoms with van der Waals surface area (Å²) >= 11 is 0. The SMILES string of the molecule is Cc1cc(C)c(Nc2nc(C)cc(Nc3cccc4cccnc34)n2)c(C)c1. The van der Waals surface area contributed by atoms with Gasteiger partial charge in [-0.15, -0.1) is 0 Å². The standard InChI is InChI=1S/C23H23N5/c1-14-11-15(2)21(16(3)12-14)28-23-25-17(4)13-20(27-23)26-19-9-5-7-18-8-6-10-24-22(18)19/h5-13H,1-4H3,(H2,25,26,27,28). The molecule has 0 radical (unpaired) electrons. The van der Waals surface area contributed by atoms with E-state index in [2.05, 4.69) is 70.6 Å². The van der Waals surface area contributed by atoms with Crippen molar-refractivity contribution >= 4 is 34.0 Å². The molecule has 0 aliphatic carbocycles. The normalized spacial score (nSPS) is 10.9. The number of fused-ring (bicyclic) bond motifs is 1. The molecule has 28 heavy (non-hydrogen) atoms. The second kappa shape index (κ2) is 7.27. The van der Waals surface area contributed by atoms with Crippen LogP contribution in [0, 0.1) is 27.7 Å². The molecule has 0 saturated heterocycles. The number of rotatable bonds is 4. The van der Waals surface area contributed by atoms with Crippen LogP contribution in [-0.2, 0) is 0 Å². The van der Waals surface area contributed by atoms with Crippen LogP contribution in [0.5, 0.6) is 0 Å². The van der Waals surface area contributed by atoms with Gasteiger partial charge in [0.2, 0.25) is 5.95 Å². The molecule has 0 unspecified atom stereocenters. The summed E-state index contributed by atoms with van der Waals surface area (Å²) in [7, 11) is 0. The highest BCUT2D eigenvalue weighted by Gasteiger charge is 2.09. The van der Waals surface area contributed by atoms with Crippen molar-refractivity contribution in [3.8, 4) is 0 Å². The third-order valence-corrected chi connectivity index (χ3v) is 4.66. The monoisotopic (exact) mass is 369 g/mol. The molecule has 0 saturated carbocycles. The molecule has 0 aliphatic rings. The maximum Gasteiger partial charge on any atom is 0.229 e. The minimum atomic E-state index is 0.575. The number of hydrogen-bond donors (Lipinski definition) is 2. The van der Waals surface area contributed by atoms with E-state index in [0.717, 1.165) is 33.8 Å². The van der Waals surface area contributed by atoms with Crippen LogP contribution < -0.4 is 10.6 Å². The molecule has 2 N–H and O–H groups in total. The molecule has 140 valence electrons. The smallest absolute Gasteiger partial charge is 0.229 e. The van der Waals surface area contributed by atoms with Crippen molar-refractivity contribution in [2.75, 3.05) is 10.6 Å². The maximum absolute atomic E-state index is 4.67. The van der Waals surface area contributed by atoms with Gasteiger partial charge in [0.05, 0.1) is 11.2 Å². The predicted molar refractivity (Wildman–Crippen MR) is 116 cm³/mol. The fourth-order valence-electron chi connectivity index (χ4n) is 3.52. The fourth-order valence-corrected chi connectivity index (χ4v) is 3.52. The molecule has 2 heterocycles. The summed E-state index contributed by atoms with van der Waals surface area (Å²) in [6.45, 7) is 8.26. The molecule has 5 heteroatoms. The number of para-hydroxylation sites is 1. The van der Waals surface area contributed by atoms with Crippen molar-refractivity contribution in [3.63, 3.8) is 0 Å². The maximum atomic E-state index is 4.67. The van der Waals surface area contributed by atoms with Crippen molar-refractivity contribution in [1.29, 1.82) is 0 Å². The van der Waals surface area contributed by atoms with Crippen LogP contribution in [-0.4, -0.2) is 15.0 Å². The molecule has 0 bridgehead atoms. The summed E-state index contributed by atoms with van der Waals surface area (Å²) in [5, 5.41) is 7.88. The van der Waals surface area contributed by atoms with Gasteiger partial charge in [-0.1, -0.05) is 35.9 Å². The highest BCUT2D eigenvalue weighted by Crippen LogP contribution is 2.27. The molecule has 0 spiro atoms. The average Bonchev–Trinajstić information content (AvgIpc) is 2.64. The molecule has 0 amide bonds. The molecule has 4 aromatic rings. The predicted octanol–water partition coefficient (Wildman–Crippen LogP) is 5.75. The van der Waals surface area contributed by atoms with Crippen LogP contribution in [0.15, 0.2) is 54.7 Å². The zero-order valence-corrected chi connectivity index (χ0v) is 16.5. The van der Waals surface area contributed by atoms with Crippen molar-refractivity contribution in [2.45, 2.75) is 27.7 Å². The summed E-state index contributed by atoms with van der Waals surface area (Å²) in [5.41, 5.74) is 7.37. The molecule has 0 aliphatic heterocycles. The van der Waals surface area contributed by atoms with Crippen molar-refractivity contribution in [1.82, 2.24) is 15.0 Å². The van der Waals surface area contributed by atoms with E-state index in [4.69, 9.17) is 0 Å². The highest BCUT2D eigenvalue weighted by molar-refractivity contribution is 5.91. The molecule has 0 fully saturated rings. The molecular formula is C23H23N5. The summed E-state index contributed by atoms with van der Waals surface area (Å²) in [6, 6.07) is 16.3. The second-order valence-corrected chi connectivity index (χ2v) is 7.12. The third kappa shape index (κ3) is 3.64. The minimum absolute atomic E-state index is 0.575. The van der Waals surface area contributed by atoms with Gasteiger partial charge < -0.3 is 10.6 Å². The van der Waals surface area contributed by atoms with Crippen LogP contribution in [0.4, 0.5) is 23.1 Å². The number of nitrogens with one attached hydrogen (secondary N) is 2. The Balaban J connectivity index is 1.68. The average molecular weight is 369 g/mol. The van der Waals surface area contributed by atoms with Crippen molar-refractivity contribution in [3.05, 3.63) is 77.1 Å². The van der Waals surface area contributed by atoms with Crippen LogP contribution >= 0.6 is 0 Å². The highest BCUT2D eigenvalue weighted by atomic mass is 15.1. The van der Waals surface area contributed by atoms with E-state index in [1.165, 1.54) is 16.7 Å². The Morgan fingerprint density at radius 1 is 0.786 bits per heavy atom. The molecule has 5 nitrogen and oxygen atoms in total. The van der Waals surface area contributed by atoms with E-state index < -0.39 is 0 Å². The Hall–Kier alpha value is -3.47. The van der Waals surface area contributed by atoms with Crippen LogP contribution in [0.3, 0.4) is 0 Å². The van der Waals surface area contributed by atoms with Gasteiger partial charge in [0.25, 0.3) is 0 Å². The Labute approximate surface area is 164 Å². The van der Waals surface area contributed by atoms with Gasteiger partial charge in [-0.3, -0.25) is 4.98 Å². The largest absolute Gasteiger partial charge is 0.338 e. The van der Waals surface area contributed by atoms with Gasteiger partial charge in [0, 0.05) is 29.0 Å². The summed E-state index contributed by atoms with van der Waals surface area (Å²) in [4.78, 5) is 13.7. The lowest BCUT2D eigenvalue weighted by atomic mass is 10.1. The lowest BCUT2D eigenvalue weighted by Crippen LogP contribution is -2.05. The molecular weight excluding hydrogens is 346 g/mol. The number of hydrogen-bond acceptors (Lipinski definition) is 5. The zero-order chi connectivity index (χ0) is 19.7. The Morgan fingerprint density at radius 3 is 2.32 bits per heavy atom. The van der Waals surface area contributed by atoms with Gasteiger partial charge in [0.1, 0.15) is 5.82 Å². The zero-order valence-electron chi connectivity index (χ0n) is 16.5. The van der Waals surface area contributed by atoms with Crippen molar-refractivity contribution < 1.29 is 0 Å². The molecule has 2 aromatic heterocycles. The van der Waals surface area contributed by atoms with Gasteiger partial charge in [-0.2, -0.15) is 4.98 Å². The second-order valence-electron chi connectivity index (χ2n) is 7.12. The quantitative estimate of drug-likeness (QED) is 0.480. The topological polar surface area (TPSA) is 62.7 Å². The number of benzene rings is 2. The van der Waals surface area contributed by atoms with E-state index in [1.54, 1.807) is 6.20 Å². The van der Waals surface area contributed by atoms with Crippen molar-refractivity contribution in [2.24, 2.45) is 0 Å². The first-order valence-corrected chi connectivity index (χ1v) is 9.31. The minimum Gasteiger partial charge on any atom is -0.338 e. The summed E-state index contributed by atoms with van der Waals surface area (Å²) in [6.07, 6.45) is 1.80. The number of nitrogens with zero attached hydrogens (tertiary/aromatic N) is 3. The van der Waals surface area contributed by atoms with E-state index in [9.17, 15) is 0 Å².